The number of aromatic nitrogens is 2. The molecule has 8 heteroatoms. The van der Waals surface area contributed by atoms with E-state index < -0.39 is 11.8 Å². The number of anilines is 1. The lowest BCUT2D eigenvalue weighted by Crippen LogP contribution is -2.37. The predicted octanol–water partition coefficient (Wildman–Crippen LogP) is 2.52. The second-order valence-electron chi connectivity index (χ2n) is 5.12. The van der Waals surface area contributed by atoms with Crippen LogP contribution in [0.25, 0.3) is 0 Å². The summed E-state index contributed by atoms with van der Waals surface area (Å²) in [5, 5.41) is 9.87. The topological polar surface area (TPSA) is 97.1 Å². The van der Waals surface area contributed by atoms with Crippen molar-refractivity contribution in [3.8, 4) is 0 Å². The first-order valence-electron chi connectivity index (χ1n) is 7.45. The van der Waals surface area contributed by atoms with Crippen molar-refractivity contribution < 1.29 is 14.1 Å². The SMILES string of the molecule is CCc1onc(C)c1NC(=O)C(=O)N[C@H](CC)c1ncc(C)s1. The van der Waals surface area contributed by atoms with Gasteiger partial charge in [-0.05, 0) is 20.3 Å². The molecule has 0 spiro atoms. The fourth-order valence-electron chi connectivity index (χ4n) is 2.08. The summed E-state index contributed by atoms with van der Waals surface area (Å²) in [4.78, 5) is 29.6. The van der Waals surface area contributed by atoms with Gasteiger partial charge in [0, 0.05) is 17.5 Å². The summed E-state index contributed by atoms with van der Waals surface area (Å²) in [6.07, 6.45) is 2.98. The van der Waals surface area contributed by atoms with Crippen LogP contribution in [-0.2, 0) is 16.0 Å². The molecule has 0 saturated heterocycles. The van der Waals surface area contributed by atoms with E-state index in [1.165, 1.54) is 11.3 Å². The minimum atomic E-state index is -0.738. The van der Waals surface area contributed by atoms with E-state index in [1.807, 2.05) is 20.8 Å². The molecule has 2 N–H and O–H groups in total. The van der Waals surface area contributed by atoms with Crippen LogP contribution in [0.15, 0.2) is 10.7 Å². The molecule has 7 nitrogen and oxygen atoms in total. The largest absolute Gasteiger partial charge is 0.359 e. The number of hydrogen-bond acceptors (Lipinski definition) is 6. The summed E-state index contributed by atoms with van der Waals surface area (Å²) >= 11 is 1.51. The molecule has 124 valence electrons. The monoisotopic (exact) mass is 336 g/mol. The number of amides is 2. The highest BCUT2D eigenvalue weighted by Crippen LogP contribution is 2.23. The molecule has 0 aliphatic carbocycles. The molecule has 0 aliphatic rings. The molecular formula is C15H20N4O3S. The number of rotatable bonds is 5. The molecule has 0 bridgehead atoms. The summed E-state index contributed by atoms with van der Waals surface area (Å²) in [5.74, 6) is -0.892. The van der Waals surface area contributed by atoms with Gasteiger partial charge in [0.05, 0.1) is 6.04 Å². The lowest BCUT2D eigenvalue weighted by molar-refractivity contribution is -0.136. The molecule has 0 aromatic carbocycles. The van der Waals surface area contributed by atoms with Crippen LogP contribution >= 0.6 is 11.3 Å². The maximum absolute atomic E-state index is 12.1. The Kier molecular flexibility index (Phi) is 5.49. The van der Waals surface area contributed by atoms with Crippen LogP contribution < -0.4 is 10.6 Å². The number of carbonyl (C=O) groups is 2. The van der Waals surface area contributed by atoms with Gasteiger partial charge in [-0.3, -0.25) is 9.59 Å². The number of aryl methyl sites for hydroxylation is 3. The first-order chi connectivity index (χ1) is 11.0. The highest BCUT2D eigenvalue weighted by molar-refractivity contribution is 7.11. The number of nitrogens with zero attached hydrogens (tertiary/aromatic N) is 2. The van der Waals surface area contributed by atoms with E-state index in [4.69, 9.17) is 4.52 Å². The van der Waals surface area contributed by atoms with Crippen molar-refractivity contribution in [3.63, 3.8) is 0 Å². The molecule has 2 rings (SSSR count). The maximum Gasteiger partial charge on any atom is 0.313 e. The van der Waals surface area contributed by atoms with E-state index in [1.54, 1.807) is 13.1 Å². The van der Waals surface area contributed by atoms with Gasteiger partial charge >= 0.3 is 11.8 Å². The Hall–Kier alpha value is -2.22. The molecule has 0 fully saturated rings. The standard InChI is InChI=1S/C15H20N4O3S/c1-5-10(15-16-7-8(3)23-15)17-13(20)14(21)18-12-9(4)19-22-11(12)6-2/h7,10H,5-6H2,1-4H3,(H,17,20)(H,18,21)/t10-/m1/s1. The van der Waals surface area contributed by atoms with Crippen LogP contribution in [0.4, 0.5) is 5.69 Å². The Morgan fingerprint density at radius 2 is 2.04 bits per heavy atom. The molecule has 23 heavy (non-hydrogen) atoms. The molecule has 0 aliphatic heterocycles. The van der Waals surface area contributed by atoms with Gasteiger partial charge < -0.3 is 15.2 Å². The van der Waals surface area contributed by atoms with Crippen LogP contribution in [0.1, 0.15) is 47.6 Å². The average Bonchev–Trinajstić information content (AvgIpc) is 3.11. The lowest BCUT2D eigenvalue weighted by atomic mass is 10.2. The zero-order valence-electron chi connectivity index (χ0n) is 13.6. The first kappa shape index (κ1) is 17.1. The average molecular weight is 336 g/mol. The molecule has 2 amide bonds. The van der Waals surface area contributed by atoms with E-state index in [0.29, 0.717) is 30.0 Å². The third-order valence-electron chi connectivity index (χ3n) is 3.35. The summed E-state index contributed by atoms with van der Waals surface area (Å²) in [5.41, 5.74) is 1.01. The van der Waals surface area contributed by atoms with Crippen molar-refractivity contribution in [2.75, 3.05) is 5.32 Å². The van der Waals surface area contributed by atoms with E-state index in [9.17, 15) is 9.59 Å². The lowest BCUT2D eigenvalue weighted by Gasteiger charge is -2.14. The smallest absolute Gasteiger partial charge is 0.313 e. The zero-order chi connectivity index (χ0) is 17.0. The molecular weight excluding hydrogens is 316 g/mol. The zero-order valence-corrected chi connectivity index (χ0v) is 14.4. The van der Waals surface area contributed by atoms with Gasteiger partial charge in [0.2, 0.25) is 0 Å². The summed E-state index contributed by atoms with van der Waals surface area (Å²) in [6.45, 7) is 7.47. The predicted molar refractivity (Wildman–Crippen MR) is 87.3 cm³/mol. The second-order valence-corrected chi connectivity index (χ2v) is 6.38. The molecule has 2 heterocycles. The minimum absolute atomic E-state index is 0.277. The number of carbonyl (C=O) groups excluding carboxylic acids is 2. The highest BCUT2D eigenvalue weighted by Gasteiger charge is 2.23. The van der Waals surface area contributed by atoms with Gasteiger partial charge in [-0.15, -0.1) is 11.3 Å². The van der Waals surface area contributed by atoms with Crippen molar-refractivity contribution in [1.29, 1.82) is 0 Å². The molecule has 0 radical (unpaired) electrons. The van der Waals surface area contributed by atoms with E-state index in [-0.39, 0.29) is 6.04 Å². The Labute approximate surface area is 138 Å². The number of hydrogen-bond donors (Lipinski definition) is 2. The van der Waals surface area contributed by atoms with E-state index in [2.05, 4.69) is 20.8 Å². The fraction of sp³-hybridized carbons (Fsp3) is 0.467. The number of thiazole rings is 1. The van der Waals surface area contributed by atoms with Crippen LogP contribution in [0, 0.1) is 13.8 Å². The number of nitrogens with one attached hydrogen (secondary N) is 2. The van der Waals surface area contributed by atoms with Gasteiger partial charge in [0.15, 0.2) is 5.76 Å². The van der Waals surface area contributed by atoms with Gasteiger partial charge in [0.25, 0.3) is 0 Å². The molecule has 2 aromatic heterocycles. The maximum atomic E-state index is 12.1. The minimum Gasteiger partial charge on any atom is -0.359 e. The normalized spacial score (nSPS) is 12.0. The van der Waals surface area contributed by atoms with Crippen LogP contribution in [-0.4, -0.2) is 22.0 Å². The molecule has 0 saturated carbocycles. The Balaban J connectivity index is 2.04. The highest BCUT2D eigenvalue weighted by atomic mass is 32.1. The van der Waals surface area contributed by atoms with Crippen LogP contribution in [0.3, 0.4) is 0 Å². The van der Waals surface area contributed by atoms with Crippen molar-refractivity contribution in [2.24, 2.45) is 0 Å². The van der Waals surface area contributed by atoms with Crippen LogP contribution in [0.5, 0.6) is 0 Å². The quantitative estimate of drug-likeness (QED) is 0.818. The Bertz CT molecular complexity index is 707. The van der Waals surface area contributed by atoms with Gasteiger partial charge in [-0.1, -0.05) is 19.0 Å². The van der Waals surface area contributed by atoms with Crippen molar-refractivity contribution in [1.82, 2.24) is 15.5 Å². The summed E-state index contributed by atoms with van der Waals surface area (Å²) < 4.78 is 5.09. The molecule has 1 atom stereocenters. The van der Waals surface area contributed by atoms with E-state index in [0.717, 1.165) is 9.88 Å². The van der Waals surface area contributed by atoms with Crippen molar-refractivity contribution in [2.45, 2.75) is 46.6 Å². The third-order valence-corrected chi connectivity index (χ3v) is 4.38. The fourth-order valence-corrected chi connectivity index (χ4v) is 2.99. The second kappa shape index (κ2) is 7.36. The Morgan fingerprint density at radius 3 is 2.61 bits per heavy atom. The molecule has 0 unspecified atom stereocenters. The molecule has 2 aromatic rings. The third kappa shape index (κ3) is 3.95. The summed E-state index contributed by atoms with van der Waals surface area (Å²) in [6, 6.07) is -0.277. The Morgan fingerprint density at radius 1 is 1.30 bits per heavy atom. The van der Waals surface area contributed by atoms with Gasteiger partial charge in [-0.25, -0.2) is 4.98 Å². The van der Waals surface area contributed by atoms with Crippen molar-refractivity contribution >= 4 is 28.8 Å². The van der Waals surface area contributed by atoms with Gasteiger partial charge in [0.1, 0.15) is 16.4 Å². The summed E-state index contributed by atoms with van der Waals surface area (Å²) in [7, 11) is 0. The first-order valence-corrected chi connectivity index (χ1v) is 8.27. The van der Waals surface area contributed by atoms with E-state index >= 15 is 0 Å². The van der Waals surface area contributed by atoms with Crippen molar-refractivity contribution in [3.05, 3.63) is 27.5 Å². The van der Waals surface area contributed by atoms with Crippen LogP contribution in [0.2, 0.25) is 0 Å². The van der Waals surface area contributed by atoms with Gasteiger partial charge in [-0.2, -0.15) is 0 Å².